The molecule has 0 fully saturated rings. The van der Waals surface area contributed by atoms with E-state index in [2.05, 4.69) is 15.3 Å². The largest absolute Gasteiger partial charge is 0.366 e. The average molecular weight is 181 g/mol. The fourth-order valence-electron chi connectivity index (χ4n) is 0.790. The molecule has 1 N–H and O–H groups in total. The molecule has 0 atom stereocenters. The van der Waals surface area contributed by atoms with Gasteiger partial charge in [0.1, 0.15) is 12.1 Å². The van der Waals surface area contributed by atoms with Crippen molar-refractivity contribution >= 4 is 5.82 Å². The number of anilines is 1. The zero-order valence-corrected chi connectivity index (χ0v) is 7.71. The third kappa shape index (κ3) is 3.64. The first-order chi connectivity index (χ1) is 6.18. The Morgan fingerprint density at radius 2 is 2.31 bits per heavy atom. The molecule has 0 aliphatic heterocycles. The zero-order valence-electron chi connectivity index (χ0n) is 7.71. The van der Waals surface area contributed by atoms with E-state index in [0.717, 1.165) is 0 Å². The lowest BCUT2D eigenvalue weighted by atomic mass is 10.3. The van der Waals surface area contributed by atoms with Crippen molar-refractivity contribution in [2.24, 2.45) is 0 Å². The number of allylic oxidation sites excluding steroid dienone is 1. The fraction of sp³-hybridized carbons (Fsp3) is 0.333. The summed E-state index contributed by atoms with van der Waals surface area (Å²) in [6.07, 6.45) is 3.19. The van der Waals surface area contributed by atoms with E-state index in [1.807, 2.05) is 19.9 Å². The van der Waals surface area contributed by atoms with Gasteiger partial charge in [0, 0.05) is 12.6 Å². The van der Waals surface area contributed by atoms with E-state index >= 15 is 0 Å². The average Bonchev–Trinajstić information content (AvgIpc) is 2.03. The number of hydrogen-bond donors (Lipinski definition) is 1. The van der Waals surface area contributed by atoms with Gasteiger partial charge in [-0.2, -0.15) is 4.39 Å². The molecule has 0 radical (unpaired) electrons. The van der Waals surface area contributed by atoms with Crippen molar-refractivity contribution < 1.29 is 4.39 Å². The minimum Gasteiger partial charge on any atom is -0.366 e. The van der Waals surface area contributed by atoms with E-state index in [0.29, 0.717) is 12.4 Å². The summed E-state index contributed by atoms with van der Waals surface area (Å²) >= 11 is 0. The minimum atomic E-state index is -0.519. The first kappa shape index (κ1) is 9.64. The maximum Gasteiger partial charge on any atom is 0.217 e. The van der Waals surface area contributed by atoms with Crippen molar-refractivity contribution in [1.82, 2.24) is 9.97 Å². The number of rotatable bonds is 3. The highest BCUT2D eigenvalue weighted by atomic mass is 19.1. The standard InChI is InChI=1S/C9H12FN3/c1-7(2)3-4-11-9-5-8(10)12-6-13-9/h3,5-6H,4H2,1-2H3,(H,11,12,13). The van der Waals surface area contributed by atoms with Crippen LogP contribution in [0.2, 0.25) is 0 Å². The first-order valence-corrected chi connectivity index (χ1v) is 4.03. The lowest BCUT2D eigenvalue weighted by Gasteiger charge is -2.01. The van der Waals surface area contributed by atoms with Crippen LogP contribution < -0.4 is 5.32 Å². The molecule has 1 rings (SSSR count). The summed E-state index contributed by atoms with van der Waals surface area (Å²) in [4.78, 5) is 7.19. The number of nitrogens with one attached hydrogen (secondary N) is 1. The van der Waals surface area contributed by atoms with Crippen molar-refractivity contribution in [3.8, 4) is 0 Å². The predicted molar refractivity (Wildman–Crippen MR) is 49.9 cm³/mol. The topological polar surface area (TPSA) is 37.8 Å². The van der Waals surface area contributed by atoms with Gasteiger partial charge in [0.2, 0.25) is 5.95 Å². The maximum atomic E-state index is 12.5. The normalized spacial score (nSPS) is 9.46. The molecule has 0 aliphatic rings. The van der Waals surface area contributed by atoms with Crippen molar-refractivity contribution in [2.75, 3.05) is 11.9 Å². The van der Waals surface area contributed by atoms with E-state index in [4.69, 9.17) is 0 Å². The molecule has 0 unspecified atom stereocenters. The maximum absolute atomic E-state index is 12.5. The quantitative estimate of drug-likeness (QED) is 0.572. The Morgan fingerprint density at radius 3 is 2.92 bits per heavy atom. The first-order valence-electron chi connectivity index (χ1n) is 4.03. The van der Waals surface area contributed by atoms with Crippen molar-refractivity contribution in [3.63, 3.8) is 0 Å². The molecule has 0 spiro atoms. The van der Waals surface area contributed by atoms with Gasteiger partial charge in [-0.3, -0.25) is 0 Å². The molecular formula is C9H12FN3. The van der Waals surface area contributed by atoms with Gasteiger partial charge in [-0.15, -0.1) is 0 Å². The van der Waals surface area contributed by atoms with Crippen LogP contribution in [0.15, 0.2) is 24.0 Å². The van der Waals surface area contributed by atoms with Crippen molar-refractivity contribution in [1.29, 1.82) is 0 Å². The van der Waals surface area contributed by atoms with E-state index < -0.39 is 5.95 Å². The minimum absolute atomic E-state index is 0.505. The molecule has 1 aromatic heterocycles. The summed E-state index contributed by atoms with van der Waals surface area (Å²) in [7, 11) is 0. The summed E-state index contributed by atoms with van der Waals surface area (Å²) in [5, 5.41) is 2.95. The van der Waals surface area contributed by atoms with E-state index in [-0.39, 0.29) is 0 Å². The van der Waals surface area contributed by atoms with Crippen LogP contribution in [0.3, 0.4) is 0 Å². The Hall–Kier alpha value is -1.45. The van der Waals surface area contributed by atoms with Crippen LogP contribution >= 0.6 is 0 Å². The Bertz CT molecular complexity index is 305. The number of aromatic nitrogens is 2. The number of nitrogens with zero attached hydrogens (tertiary/aromatic N) is 2. The summed E-state index contributed by atoms with van der Waals surface area (Å²) in [6, 6.07) is 1.26. The molecule has 4 heteroatoms. The SMILES string of the molecule is CC(C)=CCNc1cc(F)ncn1. The molecule has 0 saturated carbocycles. The molecule has 1 heterocycles. The second-order valence-electron chi connectivity index (χ2n) is 2.89. The third-order valence-corrected chi connectivity index (χ3v) is 1.43. The highest BCUT2D eigenvalue weighted by molar-refractivity contribution is 5.33. The van der Waals surface area contributed by atoms with Crippen LogP contribution in [0.5, 0.6) is 0 Å². The Morgan fingerprint density at radius 1 is 1.54 bits per heavy atom. The zero-order chi connectivity index (χ0) is 9.68. The van der Waals surface area contributed by atoms with Gasteiger partial charge in [0.05, 0.1) is 0 Å². The molecule has 0 bridgehead atoms. The van der Waals surface area contributed by atoms with Crippen LogP contribution in [0.4, 0.5) is 10.2 Å². The van der Waals surface area contributed by atoms with Gasteiger partial charge < -0.3 is 5.32 Å². The van der Waals surface area contributed by atoms with Crippen LogP contribution in [0.1, 0.15) is 13.8 Å². The van der Waals surface area contributed by atoms with Crippen LogP contribution in [0, 0.1) is 5.95 Å². The summed E-state index contributed by atoms with van der Waals surface area (Å²) in [5.41, 5.74) is 1.21. The molecule has 0 amide bonds. The summed E-state index contributed by atoms with van der Waals surface area (Å²) in [6.45, 7) is 4.66. The van der Waals surface area contributed by atoms with Crippen molar-refractivity contribution in [2.45, 2.75) is 13.8 Å². The van der Waals surface area contributed by atoms with Gasteiger partial charge in [-0.1, -0.05) is 11.6 Å². The van der Waals surface area contributed by atoms with Crippen LogP contribution in [0.25, 0.3) is 0 Å². The van der Waals surface area contributed by atoms with Crippen molar-refractivity contribution in [3.05, 3.63) is 30.0 Å². The third-order valence-electron chi connectivity index (χ3n) is 1.43. The highest BCUT2D eigenvalue weighted by Gasteiger charge is 1.94. The molecule has 1 aromatic rings. The number of hydrogen-bond acceptors (Lipinski definition) is 3. The molecule has 13 heavy (non-hydrogen) atoms. The van der Waals surface area contributed by atoms with E-state index in [1.165, 1.54) is 18.0 Å². The van der Waals surface area contributed by atoms with Gasteiger partial charge in [0.15, 0.2) is 0 Å². The predicted octanol–water partition coefficient (Wildman–Crippen LogP) is 1.99. The Kier molecular flexibility index (Phi) is 3.37. The molecule has 70 valence electrons. The Labute approximate surface area is 76.7 Å². The molecule has 0 saturated heterocycles. The molecule has 0 aliphatic carbocycles. The van der Waals surface area contributed by atoms with Gasteiger partial charge >= 0.3 is 0 Å². The second-order valence-corrected chi connectivity index (χ2v) is 2.89. The van der Waals surface area contributed by atoms with Crippen LogP contribution in [-0.4, -0.2) is 16.5 Å². The van der Waals surface area contributed by atoms with Crippen LogP contribution in [-0.2, 0) is 0 Å². The fourth-order valence-corrected chi connectivity index (χ4v) is 0.790. The molecule has 0 aromatic carbocycles. The van der Waals surface area contributed by atoms with Gasteiger partial charge in [-0.05, 0) is 13.8 Å². The smallest absolute Gasteiger partial charge is 0.217 e. The number of halogens is 1. The monoisotopic (exact) mass is 181 g/mol. The molecule has 3 nitrogen and oxygen atoms in total. The highest BCUT2D eigenvalue weighted by Crippen LogP contribution is 2.01. The van der Waals surface area contributed by atoms with E-state index in [1.54, 1.807) is 0 Å². The Balaban J connectivity index is 2.50. The summed E-state index contributed by atoms with van der Waals surface area (Å²) < 4.78 is 12.5. The molecular weight excluding hydrogens is 169 g/mol. The lowest BCUT2D eigenvalue weighted by molar-refractivity contribution is 0.580. The van der Waals surface area contributed by atoms with Gasteiger partial charge in [0.25, 0.3) is 0 Å². The lowest BCUT2D eigenvalue weighted by Crippen LogP contribution is -2.01. The van der Waals surface area contributed by atoms with E-state index in [9.17, 15) is 4.39 Å². The van der Waals surface area contributed by atoms with Gasteiger partial charge in [-0.25, -0.2) is 9.97 Å². The second kappa shape index (κ2) is 4.54. The summed E-state index contributed by atoms with van der Waals surface area (Å²) in [5.74, 6) is -0.0142.